The molecular weight excluding hydrogens is 515 g/mol. The van der Waals surface area contributed by atoms with Gasteiger partial charge in [-0.05, 0) is 47.5 Å². The number of ketones is 1. The average Bonchev–Trinajstić information content (AvgIpc) is 3.40. The Balaban J connectivity index is 1.46. The summed E-state index contributed by atoms with van der Waals surface area (Å²) in [5.41, 5.74) is 0.156. The van der Waals surface area contributed by atoms with Gasteiger partial charge in [0.25, 0.3) is 5.69 Å². The number of nitro benzene ring substituents is 1. The predicted molar refractivity (Wildman–Crippen MR) is 132 cm³/mol. The lowest BCUT2D eigenvalue weighted by atomic mass is 9.83. The van der Waals surface area contributed by atoms with E-state index in [-0.39, 0.29) is 16.9 Å². The summed E-state index contributed by atoms with van der Waals surface area (Å²) in [6.07, 6.45) is -1.27. The van der Waals surface area contributed by atoms with Crippen LogP contribution in [0.15, 0.2) is 79.0 Å². The summed E-state index contributed by atoms with van der Waals surface area (Å²) in [5.74, 6) is -4.22. The monoisotopic (exact) mass is 533 g/mol. The van der Waals surface area contributed by atoms with Crippen LogP contribution in [0.4, 0.5) is 24.5 Å². The van der Waals surface area contributed by atoms with E-state index in [0.717, 1.165) is 28.7 Å². The van der Waals surface area contributed by atoms with Crippen LogP contribution in [0.5, 0.6) is 0 Å². The lowest BCUT2D eigenvalue weighted by Gasteiger charge is -2.35. The van der Waals surface area contributed by atoms with E-state index in [9.17, 15) is 37.7 Å². The van der Waals surface area contributed by atoms with Crippen molar-refractivity contribution in [2.24, 2.45) is 11.8 Å². The Labute approximate surface area is 219 Å². The number of Topliss-reactive ketones (excluding diaryl/α,β-unsaturated/α-hetero) is 1. The Morgan fingerprint density at radius 2 is 1.59 bits per heavy atom. The molecule has 3 aliphatic heterocycles. The van der Waals surface area contributed by atoms with E-state index in [1.54, 1.807) is 35.4 Å². The van der Waals surface area contributed by atoms with Crippen LogP contribution in [0, 0.1) is 22.0 Å². The third-order valence-corrected chi connectivity index (χ3v) is 7.52. The quantitative estimate of drug-likeness (QED) is 0.202. The lowest BCUT2D eigenvalue weighted by Crippen LogP contribution is -2.44. The molecule has 3 aromatic carbocycles. The molecule has 6 rings (SSSR count). The zero-order valence-electron chi connectivity index (χ0n) is 19.9. The number of hydrogen-bond acceptors (Lipinski definition) is 6. The molecule has 3 heterocycles. The largest absolute Gasteiger partial charge is 0.416 e. The van der Waals surface area contributed by atoms with Crippen LogP contribution in [-0.2, 0) is 15.8 Å². The van der Waals surface area contributed by atoms with Crippen molar-refractivity contribution in [2.75, 3.05) is 4.90 Å². The van der Waals surface area contributed by atoms with Crippen LogP contribution in [0.2, 0.25) is 0 Å². The SMILES string of the molecule is O=C(c1ccc([N+](=O)[O-])cc1)[C@@H]1[C@@H]2C(=O)N(c3cccc(C(F)(F)F)c3)C(=O)[C@H]2[C@H]2c3ccccc3C=CN12. The van der Waals surface area contributed by atoms with Crippen molar-refractivity contribution < 1.29 is 32.5 Å². The molecule has 2 saturated heterocycles. The number of nitrogens with zero attached hydrogens (tertiary/aromatic N) is 3. The van der Waals surface area contributed by atoms with E-state index >= 15 is 0 Å². The van der Waals surface area contributed by atoms with Gasteiger partial charge in [-0.25, -0.2) is 4.90 Å². The third-order valence-electron chi connectivity index (χ3n) is 7.52. The Kier molecular flexibility index (Phi) is 5.42. The highest BCUT2D eigenvalue weighted by atomic mass is 19.4. The molecule has 0 N–H and O–H groups in total. The van der Waals surface area contributed by atoms with Crippen molar-refractivity contribution in [3.63, 3.8) is 0 Å². The minimum absolute atomic E-state index is 0.107. The van der Waals surface area contributed by atoms with E-state index in [1.807, 2.05) is 6.07 Å². The number of nitro groups is 1. The van der Waals surface area contributed by atoms with E-state index in [0.29, 0.717) is 5.56 Å². The van der Waals surface area contributed by atoms with E-state index in [4.69, 9.17) is 0 Å². The average molecular weight is 533 g/mol. The van der Waals surface area contributed by atoms with Gasteiger partial charge in [0.05, 0.1) is 34.1 Å². The maximum atomic E-state index is 13.8. The number of carbonyl (C=O) groups excluding carboxylic acids is 3. The summed E-state index contributed by atoms with van der Waals surface area (Å²) in [4.78, 5) is 54.4. The van der Waals surface area contributed by atoms with Crippen molar-refractivity contribution in [3.8, 4) is 0 Å². The number of non-ortho nitro benzene ring substituents is 1. The Hall–Kier alpha value is -4.80. The number of anilines is 1. The van der Waals surface area contributed by atoms with Crippen LogP contribution in [0.25, 0.3) is 6.08 Å². The highest BCUT2D eigenvalue weighted by molar-refractivity contribution is 6.24. The van der Waals surface area contributed by atoms with Gasteiger partial charge in [0.1, 0.15) is 6.04 Å². The molecule has 2 fully saturated rings. The molecule has 2 amide bonds. The topological polar surface area (TPSA) is 101 Å². The first-order chi connectivity index (χ1) is 18.6. The highest BCUT2D eigenvalue weighted by Crippen LogP contribution is 2.54. The van der Waals surface area contributed by atoms with Gasteiger partial charge in [0, 0.05) is 23.9 Å². The maximum Gasteiger partial charge on any atom is 0.416 e. The molecule has 0 bridgehead atoms. The van der Waals surface area contributed by atoms with E-state index in [2.05, 4.69) is 0 Å². The molecule has 196 valence electrons. The fraction of sp³-hybridized carbons (Fsp3) is 0.179. The fourth-order valence-corrected chi connectivity index (χ4v) is 5.85. The maximum absolute atomic E-state index is 13.8. The van der Waals surface area contributed by atoms with Crippen molar-refractivity contribution in [3.05, 3.63) is 111 Å². The number of amides is 2. The highest BCUT2D eigenvalue weighted by Gasteiger charge is 2.64. The van der Waals surface area contributed by atoms with Crippen molar-refractivity contribution in [1.29, 1.82) is 0 Å². The number of carbonyl (C=O) groups is 3. The third kappa shape index (κ3) is 3.72. The number of benzene rings is 3. The van der Waals surface area contributed by atoms with Crippen molar-refractivity contribution in [2.45, 2.75) is 18.3 Å². The molecule has 0 aliphatic carbocycles. The standard InChI is InChI=1S/C28H18F3N3O5/c29-28(30,31)17-5-3-6-19(14-17)33-26(36)21-22(27(33)37)24(25(35)16-8-10-18(11-9-16)34(38)39)32-13-12-15-4-1-2-7-20(15)23(21)32/h1-14,21-24H/t21-,22-,23-,24+/m1/s1. The van der Waals surface area contributed by atoms with Crippen molar-refractivity contribution in [1.82, 2.24) is 4.90 Å². The van der Waals surface area contributed by atoms with E-state index in [1.165, 1.54) is 30.3 Å². The van der Waals surface area contributed by atoms with Gasteiger partial charge in [-0.2, -0.15) is 13.2 Å². The number of imide groups is 1. The van der Waals surface area contributed by atoms with Gasteiger partial charge in [0.2, 0.25) is 11.8 Å². The summed E-state index contributed by atoms with van der Waals surface area (Å²) < 4.78 is 40.2. The smallest absolute Gasteiger partial charge is 0.358 e. The van der Waals surface area contributed by atoms with Gasteiger partial charge in [-0.3, -0.25) is 24.5 Å². The lowest BCUT2D eigenvalue weighted by molar-refractivity contribution is -0.384. The summed E-state index contributed by atoms with van der Waals surface area (Å²) in [7, 11) is 0. The minimum Gasteiger partial charge on any atom is -0.358 e. The number of hydrogen-bond donors (Lipinski definition) is 0. The number of alkyl halides is 3. The van der Waals surface area contributed by atoms with Crippen LogP contribution in [0.3, 0.4) is 0 Å². The Morgan fingerprint density at radius 1 is 0.897 bits per heavy atom. The summed E-state index contributed by atoms with van der Waals surface area (Å²) in [6, 6.07) is 14.2. The second-order valence-electron chi connectivity index (χ2n) is 9.56. The number of halogens is 3. The van der Waals surface area contributed by atoms with Gasteiger partial charge in [0.15, 0.2) is 5.78 Å². The summed E-state index contributed by atoms with van der Waals surface area (Å²) in [6.45, 7) is 0. The predicted octanol–water partition coefficient (Wildman–Crippen LogP) is 5.01. The van der Waals surface area contributed by atoms with Gasteiger partial charge >= 0.3 is 6.18 Å². The fourth-order valence-electron chi connectivity index (χ4n) is 5.85. The van der Waals surface area contributed by atoms with Crippen LogP contribution < -0.4 is 4.90 Å². The molecule has 0 saturated carbocycles. The summed E-state index contributed by atoms with van der Waals surface area (Å²) in [5, 5.41) is 11.1. The minimum atomic E-state index is -4.68. The molecule has 39 heavy (non-hydrogen) atoms. The van der Waals surface area contributed by atoms with Crippen molar-refractivity contribution >= 4 is 35.0 Å². The van der Waals surface area contributed by atoms with Crippen LogP contribution in [-0.4, -0.2) is 33.5 Å². The molecule has 4 atom stereocenters. The first kappa shape index (κ1) is 24.5. The second kappa shape index (κ2) is 8.62. The molecule has 3 aromatic rings. The first-order valence-corrected chi connectivity index (χ1v) is 12.0. The molecule has 8 nitrogen and oxygen atoms in total. The van der Waals surface area contributed by atoms with Crippen LogP contribution >= 0.6 is 0 Å². The molecule has 0 spiro atoms. The number of rotatable bonds is 4. The molecule has 11 heteroatoms. The Bertz CT molecular complexity index is 1580. The zero-order chi connectivity index (χ0) is 27.6. The summed E-state index contributed by atoms with van der Waals surface area (Å²) >= 11 is 0. The van der Waals surface area contributed by atoms with Gasteiger partial charge < -0.3 is 4.90 Å². The molecule has 0 aromatic heterocycles. The number of fused-ring (bicyclic) bond motifs is 5. The van der Waals surface area contributed by atoms with Crippen LogP contribution in [0.1, 0.15) is 33.1 Å². The zero-order valence-corrected chi connectivity index (χ0v) is 19.9. The van der Waals surface area contributed by atoms with Gasteiger partial charge in [-0.15, -0.1) is 0 Å². The molecule has 0 radical (unpaired) electrons. The van der Waals surface area contributed by atoms with E-state index < -0.39 is 58.2 Å². The molecule has 0 unspecified atom stereocenters. The molecule has 3 aliphatic rings. The second-order valence-corrected chi connectivity index (χ2v) is 9.56. The normalized spacial score (nSPS) is 23.5. The molecular formula is C28H18F3N3O5. The first-order valence-electron chi connectivity index (χ1n) is 12.0. The van der Waals surface area contributed by atoms with Gasteiger partial charge in [-0.1, -0.05) is 30.3 Å². The Morgan fingerprint density at radius 3 is 2.28 bits per heavy atom.